The number of aromatic hydroxyl groups is 1. The quantitative estimate of drug-likeness (QED) is 0.761. The molecule has 2 aromatic carbocycles. The molecule has 2 aromatic rings. The van der Waals surface area contributed by atoms with Gasteiger partial charge in [-0.15, -0.1) is 0 Å². The highest BCUT2D eigenvalue weighted by Crippen LogP contribution is 2.47. The summed E-state index contributed by atoms with van der Waals surface area (Å²) < 4.78 is 48.6. The van der Waals surface area contributed by atoms with Crippen molar-refractivity contribution in [2.75, 3.05) is 38.2 Å². The number of aryl methyl sites for hydroxylation is 2. The van der Waals surface area contributed by atoms with Crippen molar-refractivity contribution >= 4 is 11.7 Å². The highest BCUT2D eigenvalue weighted by atomic mass is 19.4. The summed E-state index contributed by atoms with van der Waals surface area (Å²) in [5.74, 6) is -1.47. The lowest BCUT2D eigenvalue weighted by Gasteiger charge is -2.47. The summed E-state index contributed by atoms with van der Waals surface area (Å²) in [6.07, 6.45) is -4.93. The van der Waals surface area contributed by atoms with Gasteiger partial charge in [0.2, 0.25) is 5.54 Å². The first kappa shape index (κ1) is 22.0. The first-order chi connectivity index (χ1) is 14.1. The Kier molecular flexibility index (Phi) is 5.99. The van der Waals surface area contributed by atoms with E-state index in [0.29, 0.717) is 13.1 Å². The Hall–Kier alpha value is -2.74. The summed E-state index contributed by atoms with van der Waals surface area (Å²) in [6, 6.07) is 11.9. The standard InChI is InChI=1S/C22H25F3N2O3/c1-15-13-17(14-16(2)19(15)28)21(20(29)30-3,22(23,24)25)27-11-9-26(10-12-27)18-7-5-4-6-8-18/h4-8,13-14,28H,9-12H2,1-3H3. The monoisotopic (exact) mass is 422 g/mol. The number of phenols is 1. The van der Waals surface area contributed by atoms with Crippen molar-refractivity contribution in [3.63, 3.8) is 0 Å². The van der Waals surface area contributed by atoms with Gasteiger partial charge in [0.25, 0.3) is 0 Å². The number of methoxy groups -OCH3 is 1. The van der Waals surface area contributed by atoms with Crippen LogP contribution in [-0.2, 0) is 15.1 Å². The third kappa shape index (κ3) is 3.60. The summed E-state index contributed by atoms with van der Waals surface area (Å²) in [4.78, 5) is 15.9. The van der Waals surface area contributed by atoms with Crippen LogP contribution in [-0.4, -0.2) is 55.4 Å². The SMILES string of the molecule is COC(=O)C(c1cc(C)c(O)c(C)c1)(N1CCN(c2ccccc2)CC1)C(F)(F)F. The van der Waals surface area contributed by atoms with Crippen LogP contribution in [0.15, 0.2) is 42.5 Å². The van der Waals surface area contributed by atoms with Gasteiger partial charge in [0.15, 0.2) is 0 Å². The molecule has 1 unspecified atom stereocenters. The largest absolute Gasteiger partial charge is 0.507 e. The van der Waals surface area contributed by atoms with Crippen LogP contribution in [0, 0.1) is 13.8 Å². The van der Waals surface area contributed by atoms with Crippen molar-refractivity contribution in [1.29, 1.82) is 0 Å². The van der Waals surface area contributed by atoms with Crippen molar-refractivity contribution in [2.24, 2.45) is 0 Å². The van der Waals surface area contributed by atoms with E-state index < -0.39 is 17.7 Å². The molecule has 0 aliphatic carbocycles. The molecule has 0 radical (unpaired) electrons. The third-order valence-electron chi connectivity index (χ3n) is 5.68. The number of ether oxygens (including phenoxy) is 1. The Morgan fingerprint density at radius 2 is 1.53 bits per heavy atom. The summed E-state index contributed by atoms with van der Waals surface area (Å²) in [5.41, 5.74) is -1.74. The molecule has 0 bridgehead atoms. The van der Waals surface area contributed by atoms with Crippen LogP contribution in [0.1, 0.15) is 16.7 Å². The van der Waals surface area contributed by atoms with E-state index in [1.54, 1.807) is 0 Å². The van der Waals surface area contributed by atoms with E-state index in [9.17, 15) is 23.1 Å². The number of carbonyl (C=O) groups is 1. The van der Waals surface area contributed by atoms with E-state index >= 15 is 0 Å². The fraction of sp³-hybridized carbons (Fsp3) is 0.409. The lowest BCUT2D eigenvalue weighted by molar-refractivity contribution is -0.245. The van der Waals surface area contributed by atoms with Gasteiger partial charge in [-0.25, -0.2) is 4.79 Å². The molecule has 8 heteroatoms. The summed E-state index contributed by atoms with van der Waals surface area (Å²) in [6.45, 7) is 3.71. The number of para-hydroxylation sites is 1. The zero-order valence-electron chi connectivity index (χ0n) is 17.2. The number of carbonyl (C=O) groups excluding carboxylic acids is 1. The molecule has 1 aliphatic rings. The zero-order chi connectivity index (χ0) is 22.1. The molecule has 3 rings (SSSR count). The van der Waals surface area contributed by atoms with Crippen LogP contribution in [0.3, 0.4) is 0 Å². The van der Waals surface area contributed by atoms with Crippen LogP contribution in [0.25, 0.3) is 0 Å². The highest BCUT2D eigenvalue weighted by molar-refractivity contribution is 5.84. The van der Waals surface area contributed by atoms with Crippen molar-refractivity contribution < 1.29 is 27.8 Å². The van der Waals surface area contributed by atoms with Crippen LogP contribution in [0.4, 0.5) is 18.9 Å². The van der Waals surface area contributed by atoms with Crippen LogP contribution >= 0.6 is 0 Å². The fourth-order valence-corrected chi connectivity index (χ4v) is 4.14. The first-order valence-corrected chi connectivity index (χ1v) is 9.63. The number of halogens is 3. The minimum atomic E-state index is -4.93. The summed E-state index contributed by atoms with van der Waals surface area (Å²) >= 11 is 0. The van der Waals surface area contributed by atoms with Gasteiger partial charge in [-0.05, 0) is 54.8 Å². The van der Waals surface area contributed by atoms with E-state index in [-0.39, 0.29) is 35.5 Å². The minimum absolute atomic E-state index is 0.0163. The predicted molar refractivity (Wildman–Crippen MR) is 108 cm³/mol. The molecule has 1 N–H and O–H groups in total. The van der Waals surface area contributed by atoms with Gasteiger partial charge >= 0.3 is 12.1 Å². The van der Waals surface area contributed by atoms with Crippen LogP contribution in [0.5, 0.6) is 5.75 Å². The molecule has 5 nitrogen and oxygen atoms in total. The molecule has 30 heavy (non-hydrogen) atoms. The first-order valence-electron chi connectivity index (χ1n) is 9.63. The third-order valence-corrected chi connectivity index (χ3v) is 5.68. The number of anilines is 1. The number of piperazine rings is 1. The average Bonchev–Trinajstić information content (AvgIpc) is 2.72. The van der Waals surface area contributed by atoms with Crippen molar-refractivity contribution in [3.05, 3.63) is 59.2 Å². The maximum Gasteiger partial charge on any atom is 0.421 e. The van der Waals surface area contributed by atoms with E-state index in [1.165, 1.54) is 26.0 Å². The molecule has 1 saturated heterocycles. The van der Waals surface area contributed by atoms with Gasteiger partial charge in [-0.2, -0.15) is 13.2 Å². The molecule has 1 atom stereocenters. The van der Waals surface area contributed by atoms with Crippen LogP contribution in [0.2, 0.25) is 0 Å². The molecular formula is C22H25F3N2O3. The average molecular weight is 422 g/mol. The number of nitrogens with zero attached hydrogens (tertiary/aromatic N) is 2. The maximum atomic E-state index is 14.6. The number of rotatable bonds is 4. The maximum absolute atomic E-state index is 14.6. The summed E-state index contributed by atoms with van der Waals surface area (Å²) in [5, 5.41) is 10.0. The molecule has 0 spiro atoms. The predicted octanol–water partition coefficient (Wildman–Crippen LogP) is 3.76. The van der Waals surface area contributed by atoms with Gasteiger partial charge < -0.3 is 14.7 Å². The number of phenolic OH excluding ortho intramolecular Hbond substituents is 1. The highest BCUT2D eigenvalue weighted by Gasteiger charge is 2.66. The van der Waals surface area contributed by atoms with Gasteiger partial charge in [-0.1, -0.05) is 18.2 Å². The van der Waals surface area contributed by atoms with E-state index in [2.05, 4.69) is 0 Å². The second-order valence-electron chi connectivity index (χ2n) is 7.47. The second kappa shape index (κ2) is 8.18. The number of esters is 1. The molecule has 1 heterocycles. The molecular weight excluding hydrogens is 397 g/mol. The normalized spacial score (nSPS) is 17.5. The van der Waals surface area contributed by atoms with Gasteiger partial charge in [0.1, 0.15) is 5.75 Å². The number of hydrogen-bond donors (Lipinski definition) is 1. The Balaban J connectivity index is 2.06. The van der Waals surface area contributed by atoms with Crippen LogP contribution < -0.4 is 4.90 Å². The molecule has 162 valence electrons. The molecule has 0 aromatic heterocycles. The molecule has 0 saturated carbocycles. The minimum Gasteiger partial charge on any atom is -0.507 e. The lowest BCUT2D eigenvalue weighted by Crippen LogP contribution is -2.65. The Morgan fingerprint density at radius 1 is 1.00 bits per heavy atom. The molecule has 1 fully saturated rings. The molecule has 0 amide bonds. The van der Waals surface area contributed by atoms with E-state index in [1.807, 2.05) is 35.2 Å². The topological polar surface area (TPSA) is 53.0 Å². The van der Waals surface area contributed by atoms with Crippen molar-refractivity contribution in [2.45, 2.75) is 25.6 Å². The number of hydrogen-bond acceptors (Lipinski definition) is 5. The summed E-state index contributed by atoms with van der Waals surface area (Å²) in [7, 11) is 0.961. The Bertz CT molecular complexity index is 887. The number of alkyl halides is 3. The number of benzene rings is 2. The smallest absolute Gasteiger partial charge is 0.421 e. The lowest BCUT2D eigenvalue weighted by atomic mass is 9.84. The van der Waals surface area contributed by atoms with E-state index in [0.717, 1.165) is 17.7 Å². The fourth-order valence-electron chi connectivity index (χ4n) is 4.14. The Labute approximate surface area is 173 Å². The second-order valence-corrected chi connectivity index (χ2v) is 7.47. The van der Waals surface area contributed by atoms with Gasteiger partial charge in [-0.3, -0.25) is 4.90 Å². The Morgan fingerprint density at radius 3 is 2.00 bits per heavy atom. The van der Waals surface area contributed by atoms with Crippen molar-refractivity contribution in [1.82, 2.24) is 4.90 Å². The van der Waals surface area contributed by atoms with E-state index in [4.69, 9.17) is 4.74 Å². The zero-order valence-corrected chi connectivity index (χ0v) is 17.2. The van der Waals surface area contributed by atoms with Crippen molar-refractivity contribution in [3.8, 4) is 5.75 Å². The van der Waals surface area contributed by atoms with Gasteiger partial charge in [0.05, 0.1) is 7.11 Å². The van der Waals surface area contributed by atoms with Gasteiger partial charge in [0, 0.05) is 31.9 Å². The molecule has 1 aliphatic heterocycles.